The van der Waals surface area contributed by atoms with Gasteiger partial charge in [-0.2, -0.15) is 18.4 Å². The Morgan fingerprint density at radius 3 is 2.63 bits per heavy atom. The van der Waals surface area contributed by atoms with Crippen LogP contribution in [-0.2, 0) is 32.6 Å². The first-order valence-corrected chi connectivity index (χ1v) is 13.2. The van der Waals surface area contributed by atoms with E-state index < -0.39 is 11.9 Å². The maximum absolute atomic E-state index is 13.1. The number of nitrogens with two attached hydrogens (primary N) is 1. The van der Waals surface area contributed by atoms with E-state index in [1.165, 1.54) is 17.8 Å². The van der Waals surface area contributed by atoms with Gasteiger partial charge in [-0.3, -0.25) is 9.98 Å². The summed E-state index contributed by atoms with van der Waals surface area (Å²) in [7, 11) is 1.48. The lowest BCUT2D eigenvalue weighted by Crippen LogP contribution is -2.27. The number of imidazole rings is 1. The van der Waals surface area contributed by atoms with E-state index >= 15 is 0 Å². The Kier molecular flexibility index (Phi) is 8.69. The minimum absolute atomic E-state index is 0.0922. The molecule has 3 aromatic heterocycles. The third-order valence-corrected chi connectivity index (χ3v) is 6.79. The van der Waals surface area contributed by atoms with Crippen LogP contribution >= 0.6 is 11.6 Å². The summed E-state index contributed by atoms with van der Waals surface area (Å²) in [6.07, 6.45) is 7.24. The molecule has 0 atom stereocenters. The Labute approximate surface area is 241 Å². The van der Waals surface area contributed by atoms with Crippen molar-refractivity contribution >= 4 is 23.0 Å². The molecule has 3 aromatic rings. The first-order valence-electron chi connectivity index (χ1n) is 12.8. The number of anilines is 1. The molecule has 0 fully saturated rings. The lowest BCUT2D eigenvalue weighted by atomic mass is 10.0. The number of terminal acetylenes is 1. The molecule has 8 nitrogen and oxygen atoms in total. The lowest BCUT2D eigenvalue weighted by molar-refractivity contribution is -0.140. The molecule has 0 spiro atoms. The van der Waals surface area contributed by atoms with E-state index in [2.05, 4.69) is 27.0 Å². The molecule has 0 saturated carbocycles. The van der Waals surface area contributed by atoms with Crippen molar-refractivity contribution in [3.63, 3.8) is 0 Å². The van der Waals surface area contributed by atoms with Gasteiger partial charge < -0.3 is 15.2 Å². The van der Waals surface area contributed by atoms with Gasteiger partial charge in [0, 0.05) is 43.9 Å². The Hall–Kier alpha value is -4.35. The number of pyridine rings is 2. The summed E-state index contributed by atoms with van der Waals surface area (Å²) >= 11 is 6.45. The van der Waals surface area contributed by atoms with Crippen molar-refractivity contribution < 1.29 is 13.2 Å². The van der Waals surface area contributed by atoms with Crippen molar-refractivity contribution in [1.29, 1.82) is 5.26 Å². The number of rotatable bonds is 8. The summed E-state index contributed by atoms with van der Waals surface area (Å²) in [4.78, 5) is 19.4. The number of fused-ring (bicyclic) bond motifs is 1. The van der Waals surface area contributed by atoms with Gasteiger partial charge >= 0.3 is 6.18 Å². The van der Waals surface area contributed by atoms with Crippen molar-refractivity contribution in [2.24, 2.45) is 17.8 Å². The highest BCUT2D eigenvalue weighted by Gasteiger charge is 2.35. The zero-order chi connectivity index (χ0) is 29.9. The second-order valence-corrected chi connectivity index (χ2v) is 10.2. The van der Waals surface area contributed by atoms with E-state index in [-0.39, 0.29) is 41.2 Å². The first kappa shape index (κ1) is 29.6. The molecule has 41 heavy (non-hydrogen) atoms. The van der Waals surface area contributed by atoms with Crippen LogP contribution in [0.15, 0.2) is 40.8 Å². The van der Waals surface area contributed by atoms with Gasteiger partial charge in [0.05, 0.1) is 17.3 Å². The van der Waals surface area contributed by atoms with Gasteiger partial charge in [-0.15, -0.1) is 6.42 Å². The van der Waals surface area contributed by atoms with Crippen molar-refractivity contribution in [2.75, 3.05) is 11.4 Å². The summed E-state index contributed by atoms with van der Waals surface area (Å²) in [5, 5.41) is 10.6. The van der Waals surface area contributed by atoms with Gasteiger partial charge in [-0.1, -0.05) is 23.6 Å². The predicted molar refractivity (Wildman–Crippen MR) is 152 cm³/mol. The van der Waals surface area contributed by atoms with Gasteiger partial charge in [0.1, 0.15) is 28.7 Å². The highest BCUT2D eigenvalue weighted by atomic mass is 35.5. The molecule has 1 aliphatic rings. The summed E-state index contributed by atoms with van der Waals surface area (Å²) in [5.74, 6) is 2.77. The molecule has 3 heterocycles. The molecule has 0 aromatic carbocycles. The van der Waals surface area contributed by atoms with E-state index in [0.29, 0.717) is 17.1 Å². The zero-order valence-corrected chi connectivity index (χ0v) is 23.6. The van der Waals surface area contributed by atoms with Crippen LogP contribution in [0.3, 0.4) is 0 Å². The molecule has 12 heteroatoms. The fourth-order valence-corrected chi connectivity index (χ4v) is 4.93. The third-order valence-electron chi connectivity index (χ3n) is 6.48. The lowest BCUT2D eigenvalue weighted by Gasteiger charge is -2.27. The summed E-state index contributed by atoms with van der Waals surface area (Å²) in [6.45, 7) is 4.24. The van der Waals surface area contributed by atoms with Crippen molar-refractivity contribution in [3.8, 4) is 29.9 Å². The Bertz CT molecular complexity index is 1590. The standard InChI is InChI=1S/C29H28ClF3N8/c1-5-11-41(15-18-9-10-23(36-14-18)28-39-24(16-40(28)4)29(31,32)33)27-19-7-6-8-22(19)38-25(20(27)12-34)26(21(30)13-35)37-17(2)3/h1,9-10,13-14,16-17H,6-8,11,15,35H2,2-4H3/b21-13+,37-26?. The number of allylic oxidation sites excluding steroid dienone is 1. The minimum atomic E-state index is -4.56. The molecular formula is C29H28ClF3N8. The number of aromatic nitrogens is 4. The molecular weight excluding hydrogens is 553 g/mol. The molecule has 212 valence electrons. The average molecular weight is 581 g/mol. The van der Waals surface area contributed by atoms with Crippen LogP contribution < -0.4 is 10.6 Å². The van der Waals surface area contributed by atoms with E-state index in [0.717, 1.165) is 42.3 Å². The largest absolute Gasteiger partial charge is 0.434 e. The smallest absolute Gasteiger partial charge is 0.403 e. The van der Waals surface area contributed by atoms with Gasteiger partial charge in [-0.05, 0) is 50.3 Å². The van der Waals surface area contributed by atoms with E-state index in [1.807, 2.05) is 18.7 Å². The van der Waals surface area contributed by atoms with Crippen LogP contribution in [0, 0.1) is 23.7 Å². The fraction of sp³-hybridized carbons (Fsp3) is 0.345. The molecule has 0 unspecified atom stereocenters. The minimum Gasteiger partial charge on any atom is -0.403 e. The summed E-state index contributed by atoms with van der Waals surface area (Å²) < 4.78 is 40.7. The monoisotopic (exact) mass is 580 g/mol. The molecule has 1 aliphatic carbocycles. The van der Waals surface area contributed by atoms with Gasteiger partial charge in [0.25, 0.3) is 0 Å². The normalized spacial score (nSPS) is 13.7. The average Bonchev–Trinajstić information content (AvgIpc) is 3.56. The number of aliphatic imine (C=N–C) groups is 1. The second-order valence-electron chi connectivity index (χ2n) is 9.83. The summed E-state index contributed by atoms with van der Waals surface area (Å²) in [5.41, 5.74) is 9.17. The van der Waals surface area contributed by atoms with Gasteiger partial charge in [0.2, 0.25) is 0 Å². The Balaban J connectivity index is 1.78. The molecule has 0 aliphatic heterocycles. The number of nitrogens with zero attached hydrogens (tertiary/aromatic N) is 7. The van der Waals surface area contributed by atoms with E-state index in [9.17, 15) is 18.4 Å². The number of hydrogen-bond donors (Lipinski definition) is 1. The van der Waals surface area contributed by atoms with Crippen LogP contribution in [-0.4, -0.2) is 37.8 Å². The molecule has 0 amide bonds. The second kappa shape index (κ2) is 12.0. The third kappa shape index (κ3) is 6.21. The maximum Gasteiger partial charge on any atom is 0.434 e. The number of alkyl halides is 3. The Morgan fingerprint density at radius 1 is 1.32 bits per heavy atom. The first-order chi connectivity index (χ1) is 19.5. The van der Waals surface area contributed by atoms with Crippen LogP contribution in [0.4, 0.5) is 18.9 Å². The quantitative estimate of drug-likeness (QED) is 0.292. The zero-order valence-electron chi connectivity index (χ0n) is 22.8. The number of hydrogen-bond acceptors (Lipinski definition) is 7. The highest BCUT2D eigenvalue weighted by molar-refractivity contribution is 6.46. The molecule has 0 bridgehead atoms. The van der Waals surface area contributed by atoms with Gasteiger partial charge in [0.15, 0.2) is 11.5 Å². The molecule has 0 saturated heterocycles. The highest BCUT2D eigenvalue weighted by Crippen LogP contribution is 2.37. The number of aryl methyl sites for hydroxylation is 2. The number of halogens is 4. The SMILES string of the molecule is C#CCN(Cc1ccc(-c2nc(C(F)(F)F)cn2C)nc1)c1c(C#N)c(C(=NC(C)C)/C(Cl)=C\N)nc2c1CCC2. The summed E-state index contributed by atoms with van der Waals surface area (Å²) in [6, 6.07) is 5.53. The maximum atomic E-state index is 13.1. The molecule has 0 radical (unpaired) electrons. The van der Waals surface area contributed by atoms with Gasteiger partial charge in [-0.25, -0.2) is 9.97 Å². The van der Waals surface area contributed by atoms with Crippen molar-refractivity contribution in [3.05, 3.63) is 69.5 Å². The fourth-order valence-electron chi connectivity index (χ4n) is 4.80. The van der Waals surface area contributed by atoms with Crippen LogP contribution in [0.5, 0.6) is 0 Å². The molecule has 2 N–H and O–H groups in total. The van der Waals surface area contributed by atoms with Crippen molar-refractivity contribution in [2.45, 2.75) is 51.9 Å². The van der Waals surface area contributed by atoms with E-state index in [1.54, 1.807) is 18.3 Å². The van der Waals surface area contributed by atoms with Crippen LogP contribution in [0.2, 0.25) is 0 Å². The van der Waals surface area contributed by atoms with Crippen molar-refractivity contribution in [1.82, 2.24) is 19.5 Å². The van der Waals surface area contributed by atoms with Crippen LogP contribution in [0.1, 0.15) is 54.0 Å². The van der Waals surface area contributed by atoms with E-state index in [4.69, 9.17) is 28.7 Å². The number of nitriles is 1. The Morgan fingerprint density at radius 2 is 2.07 bits per heavy atom. The topological polar surface area (TPSA) is 109 Å². The molecule has 4 rings (SSSR count). The predicted octanol–water partition coefficient (Wildman–Crippen LogP) is 5.13. The van der Waals surface area contributed by atoms with Crippen LogP contribution in [0.25, 0.3) is 11.5 Å².